The van der Waals surface area contributed by atoms with Gasteiger partial charge in [0, 0.05) is 12.6 Å². The predicted octanol–water partition coefficient (Wildman–Crippen LogP) is -1.41. The van der Waals surface area contributed by atoms with Crippen molar-refractivity contribution in [2.24, 2.45) is 5.73 Å². The average Bonchev–Trinajstić information content (AvgIpc) is 1.93. The lowest BCUT2D eigenvalue weighted by Crippen LogP contribution is -2.49. The number of hydrogen-bond donors (Lipinski definition) is 1. The molecule has 0 aromatic heterocycles. The van der Waals surface area contributed by atoms with Gasteiger partial charge in [-0.05, 0) is 6.92 Å². The van der Waals surface area contributed by atoms with E-state index in [1.807, 2.05) is 0 Å². The smallest absolute Gasteiger partial charge is 0.231 e. The highest BCUT2D eigenvalue weighted by atomic mass is 32.2. The first-order valence-corrected chi connectivity index (χ1v) is 5.95. The second-order valence-electron chi connectivity index (χ2n) is 3.40. The second-order valence-corrected chi connectivity index (χ2v) is 5.63. The molecule has 1 rings (SSSR count). The molecule has 0 saturated carbocycles. The summed E-state index contributed by atoms with van der Waals surface area (Å²) in [5.74, 6) is -0.156. The van der Waals surface area contributed by atoms with Gasteiger partial charge in [-0.15, -0.1) is 0 Å². The Bertz CT molecular complexity index is 299. The summed E-state index contributed by atoms with van der Waals surface area (Å²) in [6.07, 6.45) is 0. The van der Waals surface area contributed by atoms with E-state index in [0.29, 0.717) is 6.54 Å². The van der Waals surface area contributed by atoms with Crippen LogP contribution in [0.4, 0.5) is 0 Å². The molecule has 1 saturated heterocycles. The molecule has 1 unspecified atom stereocenters. The number of carbonyl (C=O) groups excluding carboxylic acids is 1. The van der Waals surface area contributed by atoms with Crippen molar-refractivity contribution in [3.8, 4) is 0 Å². The van der Waals surface area contributed by atoms with Crippen molar-refractivity contribution < 1.29 is 13.2 Å². The van der Waals surface area contributed by atoms with Crippen LogP contribution >= 0.6 is 0 Å². The predicted molar refractivity (Wildman–Crippen MR) is 48.9 cm³/mol. The summed E-state index contributed by atoms with van der Waals surface area (Å²) in [6, 6.07) is -0.105. The van der Waals surface area contributed by atoms with Gasteiger partial charge in [-0.2, -0.15) is 0 Å². The molecule has 6 heteroatoms. The van der Waals surface area contributed by atoms with Crippen LogP contribution in [-0.2, 0) is 14.6 Å². The fourth-order valence-electron chi connectivity index (χ4n) is 1.47. The van der Waals surface area contributed by atoms with E-state index in [1.54, 1.807) is 11.8 Å². The largest absolute Gasteiger partial charge is 0.369 e. The van der Waals surface area contributed by atoms with Crippen LogP contribution in [0.25, 0.3) is 0 Å². The molecule has 5 nitrogen and oxygen atoms in total. The lowest BCUT2D eigenvalue weighted by molar-refractivity contribution is -0.119. The minimum Gasteiger partial charge on any atom is -0.369 e. The van der Waals surface area contributed by atoms with Crippen LogP contribution in [0.1, 0.15) is 6.92 Å². The molecule has 2 N–H and O–H groups in total. The minimum absolute atomic E-state index is 0.105. The molecular weight excluding hydrogens is 192 g/mol. The van der Waals surface area contributed by atoms with Crippen molar-refractivity contribution in [2.45, 2.75) is 13.0 Å². The summed E-state index contributed by atoms with van der Waals surface area (Å²) >= 11 is 0. The van der Waals surface area contributed by atoms with Gasteiger partial charge in [-0.1, -0.05) is 0 Å². The molecule has 1 aliphatic heterocycles. The summed E-state index contributed by atoms with van der Waals surface area (Å²) in [5, 5.41) is 0. The van der Waals surface area contributed by atoms with Gasteiger partial charge < -0.3 is 5.73 Å². The third-order valence-corrected chi connectivity index (χ3v) is 3.96. The average molecular weight is 206 g/mol. The maximum Gasteiger partial charge on any atom is 0.231 e. The van der Waals surface area contributed by atoms with Gasteiger partial charge >= 0.3 is 0 Å². The van der Waals surface area contributed by atoms with Gasteiger partial charge in [0.1, 0.15) is 0 Å². The van der Waals surface area contributed by atoms with Crippen molar-refractivity contribution in [3.63, 3.8) is 0 Å². The van der Waals surface area contributed by atoms with E-state index in [9.17, 15) is 13.2 Å². The first kappa shape index (κ1) is 10.5. The third-order valence-electron chi connectivity index (χ3n) is 2.17. The van der Waals surface area contributed by atoms with Gasteiger partial charge in [-0.3, -0.25) is 9.69 Å². The summed E-state index contributed by atoms with van der Waals surface area (Å²) < 4.78 is 22.3. The Hall–Kier alpha value is -0.620. The summed E-state index contributed by atoms with van der Waals surface area (Å²) in [6.45, 7) is 2.35. The lowest BCUT2D eigenvalue weighted by atomic mass is 10.3. The summed E-state index contributed by atoms with van der Waals surface area (Å²) in [7, 11) is -2.89. The van der Waals surface area contributed by atoms with Gasteiger partial charge in [0.05, 0.1) is 18.1 Å². The number of nitrogens with two attached hydrogens (primary N) is 1. The quantitative estimate of drug-likeness (QED) is 0.602. The molecular formula is C7H14N2O3S. The maximum atomic E-state index is 11.1. The molecule has 1 heterocycles. The van der Waals surface area contributed by atoms with Gasteiger partial charge in [0.15, 0.2) is 9.84 Å². The van der Waals surface area contributed by atoms with E-state index < -0.39 is 15.7 Å². The highest BCUT2D eigenvalue weighted by molar-refractivity contribution is 7.91. The van der Waals surface area contributed by atoms with Crippen LogP contribution in [0.5, 0.6) is 0 Å². The molecule has 1 fully saturated rings. The minimum atomic E-state index is -2.89. The lowest BCUT2D eigenvalue weighted by Gasteiger charge is -2.31. The van der Waals surface area contributed by atoms with Gasteiger partial charge in [0.2, 0.25) is 5.91 Å². The number of carbonyl (C=O) groups is 1. The van der Waals surface area contributed by atoms with Crippen LogP contribution in [-0.4, -0.2) is 49.9 Å². The molecule has 0 aromatic rings. The zero-order chi connectivity index (χ0) is 10.1. The van der Waals surface area contributed by atoms with E-state index in [4.69, 9.17) is 5.73 Å². The second kappa shape index (κ2) is 3.63. The Labute approximate surface area is 77.8 Å². The zero-order valence-electron chi connectivity index (χ0n) is 7.56. The van der Waals surface area contributed by atoms with Crippen molar-refractivity contribution >= 4 is 15.7 Å². The van der Waals surface area contributed by atoms with Crippen LogP contribution in [0, 0.1) is 0 Å². The van der Waals surface area contributed by atoms with E-state index in [0.717, 1.165) is 0 Å². The van der Waals surface area contributed by atoms with E-state index in [1.165, 1.54) is 0 Å². The van der Waals surface area contributed by atoms with E-state index >= 15 is 0 Å². The number of amides is 1. The Balaban J connectivity index is 2.59. The molecule has 1 atom stereocenters. The summed E-state index contributed by atoms with van der Waals surface area (Å²) in [5.41, 5.74) is 5.02. The Kier molecular flexibility index (Phi) is 2.92. The van der Waals surface area contributed by atoms with Gasteiger partial charge in [0.25, 0.3) is 0 Å². The first-order chi connectivity index (χ1) is 5.91. The molecule has 1 amide bonds. The molecule has 76 valence electrons. The van der Waals surface area contributed by atoms with Crippen LogP contribution in [0.2, 0.25) is 0 Å². The summed E-state index contributed by atoms with van der Waals surface area (Å²) in [4.78, 5) is 12.4. The third kappa shape index (κ3) is 2.96. The van der Waals surface area contributed by atoms with Crippen molar-refractivity contribution in [3.05, 3.63) is 0 Å². The van der Waals surface area contributed by atoms with Gasteiger partial charge in [-0.25, -0.2) is 8.42 Å². The number of sulfone groups is 1. The first-order valence-electron chi connectivity index (χ1n) is 4.13. The van der Waals surface area contributed by atoms with Crippen LogP contribution in [0.15, 0.2) is 0 Å². The van der Waals surface area contributed by atoms with Crippen molar-refractivity contribution in [1.29, 1.82) is 0 Å². The molecule has 0 bridgehead atoms. The van der Waals surface area contributed by atoms with E-state index in [-0.39, 0.29) is 24.1 Å². The number of nitrogens with zero attached hydrogens (tertiary/aromatic N) is 1. The van der Waals surface area contributed by atoms with E-state index in [2.05, 4.69) is 0 Å². The molecule has 13 heavy (non-hydrogen) atoms. The fourth-order valence-corrected chi connectivity index (χ4v) is 3.09. The highest BCUT2D eigenvalue weighted by Crippen LogP contribution is 2.10. The Morgan fingerprint density at radius 3 is 2.69 bits per heavy atom. The molecule has 0 radical (unpaired) electrons. The molecule has 0 aliphatic carbocycles. The van der Waals surface area contributed by atoms with Crippen molar-refractivity contribution in [2.75, 3.05) is 24.6 Å². The number of rotatable bonds is 2. The molecule has 1 aliphatic rings. The zero-order valence-corrected chi connectivity index (χ0v) is 8.38. The standard InChI is InChI=1S/C7H14N2O3S/c1-6-5-13(11,12)3-2-9(6)4-7(8)10/h6H,2-5H2,1H3,(H2,8,10). The monoisotopic (exact) mass is 206 g/mol. The Morgan fingerprint density at radius 2 is 2.23 bits per heavy atom. The number of primary amides is 1. The SMILES string of the molecule is CC1CS(=O)(=O)CCN1CC(N)=O. The highest BCUT2D eigenvalue weighted by Gasteiger charge is 2.28. The Morgan fingerprint density at radius 1 is 1.62 bits per heavy atom. The molecule has 0 spiro atoms. The molecule has 0 aromatic carbocycles. The van der Waals surface area contributed by atoms with Crippen LogP contribution in [0.3, 0.4) is 0 Å². The normalized spacial score (nSPS) is 28.5. The van der Waals surface area contributed by atoms with Crippen molar-refractivity contribution in [1.82, 2.24) is 4.90 Å². The fraction of sp³-hybridized carbons (Fsp3) is 0.857. The topological polar surface area (TPSA) is 80.5 Å². The maximum absolute atomic E-state index is 11.1. The van der Waals surface area contributed by atoms with Crippen LogP contribution < -0.4 is 5.73 Å². The number of hydrogen-bond acceptors (Lipinski definition) is 4.